The van der Waals surface area contributed by atoms with Gasteiger partial charge < -0.3 is 9.64 Å². The SMILES string of the molecule is CCCN1c2cc(Cl)c(/C=C3/C(=O)NC(=O)N(c4ccc(OC)cc4)C3=O)cc2C(C)CC1(C)C. The van der Waals surface area contributed by atoms with Gasteiger partial charge >= 0.3 is 6.03 Å². The molecule has 0 bridgehead atoms. The van der Waals surface area contributed by atoms with E-state index in [2.05, 4.69) is 37.9 Å². The van der Waals surface area contributed by atoms with E-state index in [1.165, 1.54) is 13.2 Å². The summed E-state index contributed by atoms with van der Waals surface area (Å²) in [6, 6.07) is 9.53. The number of hydrogen-bond acceptors (Lipinski definition) is 5. The Bertz CT molecular complexity index is 1220. The zero-order valence-electron chi connectivity index (χ0n) is 20.6. The van der Waals surface area contributed by atoms with E-state index in [0.29, 0.717) is 22.0 Å². The number of nitrogens with one attached hydrogen (secondary N) is 1. The van der Waals surface area contributed by atoms with Gasteiger partial charge in [-0.2, -0.15) is 0 Å². The molecule has 0 aromatic heterocycles. The topological polar surface area (TPSA) is 79.0 Å². The third-order valence-electron chi connectivity index (χ3n) is 6.68. The van der Waals surface area contributed by atoms with Crippen LogP contribution in [0.3, 0.4) is 0 Å². The first-order valence-corrected chi connectivity index (χ1v) is 12.1. The average molecular weight is 496 g/mol. The Balaban J connectivity index is 1.75. The lowest BCUT2D eigenvalue weighted by molar-refractivity contribution is -0.122. The van der Waals surface area contributed by atoms with Gasteiger partial charge in [-0.1, -0.05) is 25.4 Å². The Morgan fingerprint density at radius 1 is 1.17 bits per heavy atom. The third kappa shape index (κ3) is 4.52. The first kappa shape index (κ1) is 24.8. The van der Waals surface area contributed by atoms with E-state index in [0.717, 1.165) is 35.5 Å². The molecule has 2 aromatic rings. The fraction of sp³-hybridized carbons (Fsp3) is 0.370. The van der Waals surface area contributed by atoms with E-state index in [1.807, 2.05) is 12.1 Å². The molecule has 2 aromatic carbocycles. The molecule has 35 heavy (non-hydrogen) atoms. The quantitative estimate of drug-likeness (QED) is 0.436. The summed E-state index contributed by atoms with van der Waals surface area (Å²) < 4.78 is 5.14. The summed E-state index contributed by atoms with van der Waals surface area (Å²) in [7, 11) is 1.53. The van der Waals surface area contributed by atoms with Crippen molar-refractivity contribution in [3.8, 4) is 5.75 Å². The number of barbiturate groups is 1. The van der Waals surface area contributed by atoms with Gasteiger partial charge in [0.1, 0.15) is 11.3 Å². The molecule has 184 valence electrons. The summed E-state index contributed by atoms with van der Waals surface area (Å²) in [6.45, 7) is 9.71. The summed E-state index contributed by atoms with van der Waals surface area (Å²) >= 11 is 6.69. The summed E-state index contributed by atoms with van der Waals surface area (Å²) in [5.74, 6) is -0.601. The van der Waals surface area contributed by atoms with Gasteiger partial charge in [-0.25, -0.2) is 9.69 Å². The van der Waals surface area contributed by atoms with Crippen molar-refractivity contribution >= 4 is 46.9 Å². The van der Waals surface area contributed by atoms with Gasteiger partial charge in [-0.3, -0.25) is 14.9 Å². The predicted octanol–water partition coefficient (Wildman–Crippen LogP) is 5.52. The number of benzene rings is 2. The maximum absolute atomic E-state index is 13.3. The van der Waals surface area contributed by atoms with Gasteiger partial charge in [0, 0.05) is 22.8 Å². The number of carbonyl (C=O) groups excluding carboxylic acids is 3. The fourth-order valence-electron chi connectivity index (χ4n) is 5.06. The number of imide groups is 2. The zero-order chi connectivity index (χ0) is 25.5. The number of anilines is 2. The highest BCUT2D eigenvalue weighted by molar-refractivity contribution is 6.40. The second-order valence-electron chi connectivity index (χ2n) is 9.66. The van der Waals surface area contributed by atoms with Crippen LogP contribution in [-0.4, -0.2) is 37.0 Å². The van der Waals surface area contributed by atoms with Gasteiger partial charge in [0.2, 0.25) is 0 Å². The molecule has 7 nitrogen and oxygen atoms in total. The summed E-state index contributed by atoms with van der Waals surface area (Å²) in [5.41, 5.74) is 2.93. The molecule has 2 aliphatic heterocycles. The van der Waals surface area contributed by atoms with E-state index >= 15 is 0 Å². The number of methoxy groups -OCH3 is 1. The van der Waals surface area contributed by atoms with Gasteiger partial charge in [0.15, 0.2) is 0 Å². The van der Waals surface area contributed by atoms with E-state index < -0.39 is 17.8 Å². The highest BCUT2D eigenvalue weighted by Gasteiger charge is 2.38. The van der Waals surface area contributed by atoms with Gasteiger partial charge in [0.05, 0.1) is 12.8 Å². The van der Waals surface area contributed by atoms with E-state index in [4.69, 9.17) is 16.3 Å². The first-order chi connectivity index (χ1) is 16.6. The molecular weight excluding hydrogens is 466 g/mol. The van der Waals surface area contributed by atoms with Gasteiger partial charge in [-0.15, -0.1) is 0 Å². The predicted molar refractivity (Wildman–Crippen MR) is 138 cm³/mol. The number of amides is 4. The number of ether oxygens (including phenoxy) is 1. The average Bonchev–Trinajstić information content (AvgIpc) is 2.80. The van der Waals surface area contributed by atoms with Crippen molar-refractivity contribution in [3.05, 3.63) is 58.1 Å². The monoisotopic (exact) mass is 495 g/mol. The normalized spacial score (nSPS) is 20.7. The molecule has 1 saturated heterocycles. The second kappa shape index (κ2) is 9.38. The van der Waals surface area contributed by atoms with Crippen molar-refractivity contribution in [2.45, 2.75) is 52.0 Å². The molecule has 2 heterocycles. The number of carbonyl (C=O) groups is 3. The minimum absolute atomic E-state index is 0.00974. The molecule has 8 heteroatoms. The summed E-state index contributed by atoms with van der Waals surface area (Å²) in [6.07, 6.45) is 3.45. The van der Waals surface area contributed by atoms with E-state index in [-0.39, 0.29) is 17.0 Å². The van der Waals surface area contributed by atoms with Gasteiger partial charge in [-0.05, 0) is 86.2 Å². The molecule has 0 saturated carbocycles. The van der Waals surface area contributed by atoms with Crippen LogP contribution in [0.25, 0.3) is 6.08 Å². The number of urea groups is 1. The molecule has 2 aliphatic rings. The van der Waals surface area contributed by atoms with Crippen LogP contribution in [0.2, 0.25) is 5.02 Å². The lowest BCUT2D eigenvalue weighted by Gasteiger charge is -2.47. The largest absolute Gasteiger partial charge is 0.497 e. The molecule has 4 rings (SSSR count). The van der Waals surface area contributed by atoms with Crippen LogP contribution in [0, 0.1) is 0 Å². The fourth-order valence-corrected chi connectivity index (χ4v) is 5.27. The van der Waals surface area contributed by atoms with Crippen molar-refractivity contribution in [2.75, 3.05) is 23.5 Å². The molecule has 0 spiro atoms. The lowest BCUT2D eigenvalue weighted by atomic mass is 9.79. The van der Waals surface area contributed by atoms with Crippen molar-refractivity contribution in [1.29, 1.82) is 0 Å². The smallest absolute Gasteiger partial charge is 0.335 e. The number of hydrogen-bond donors (Lipinski definition) is 1. The highest BCUT2D eigenvalue weighted by Crippen LogP contribution is 2.45. The molecule has 0 radical (unpaired) electrons. The highest BCUT2D eigenvalue weighted by atomic mass is 35.5. The van der Waals surface area contributed by atoms with Gasteiger partial charge in [0.25, 0.3) is 11.8 Å². The van der Waals surface area contributed by atoms with Crippen molar-refractivity contribution < 1.29 is 19.1 Å². The number of nitrogens with zero attached hydrogens (tertiary/aromatic N) is 2. The molecule has 1 atom stereocenters. The van der Waals surface area contributed by atoms with Crippen LogP contribution in [0.1, 0.15) is 57.6 Å². The molecule has 1 fully saturated rings. The molecule has 0 aliphatic carbocycles. The number of rotatable bonds is 5. The van der Waals surface area contributed by atoms with Crippen molar-refractivity contribution in [2.24, 2.45) is 0 Å². The lowest BCUT2D eigenvalue weighted by Crippen LogP contribution is -2.54. The molecule has 4 amide bonds. The molecule has 1 N–H and O–H groups in total. The van der Waals surface area contributed by atoms with E-state index in [9.17, 15) is 14.4 Å². The van der Waals surface area contributed by atoms with Crippen molar-refractivity contribution in [1.82, 2.24) is 5.32 Å². The molecular formula is C27H30ClN3O4. The Morgan fingerprint density at radius 3 is 2.49 bits per heavy atom. The summed E-state index contributed by atoms with van der Waals surface area (Å²) in [4.78, 5) is 41.8. The van der Waals surface area contributed by atoms with Crippen LogP contribution in [-0.2, 0) is 9.59 Å². The Kier molecular flexibility index (Phi) is 6.64. The maximum atomic E-state index is 13.3. The number of halogens is 1. The third-order valence-corrected chi connectivity index (χ3v) is 7.01. The van der Waals surface area contributed by atoms with Crippen LogP contribution >= 0.6 is 11.6 Å². The van der Waals surface area contributed by atoms with E-state index in [1.54, 1.807) is 24.3 Å². The number of fused-ring (bicyclic) bond motifs is 1. The zero-order valence-corrected chi connectivity index (χ0v) is 21.4. The second-order valence-corrected chi connectivity index (χ2v) is 10.1. The first-order valence-electron chi connectivity index (χ1n) is 11.7. The Labute approximate surface area is 210 Å². The Hall–Kier alpha value is -3.32. The van der Waals surface area contributed by atoms with Crippen LogP contribution in [0.15, 0.2) is 42.0 Å². The van der Waals surface area contributed by atoms with Crippen LogP contribution < -0.4 is 19.9 Å². The Morgan fingerprint density at radius 2 is 1.86 bits per heavy atom. The minimum Gasteiger partial charge on any atom is -0.497 e. The van der Waals surface area contributed by atoms with Crippen LogP contribution in [0.5, 0.6) is 5.75 Å². The van der Waals surface area contributed by atoms with Crippen LogP contribution in [0.4, 0.5) is 16.2 Å². The maximum Gasteiger partial charge on any atom is 0.335 e. The summed E-state index contributed by atoms with van der Waals surface area (Å²) in [5, 5.41) is 2.70. The standard InChI is InChI=1S/C27H30ClN3O4/c1-6-11-30-23-14-22(28)17(12-20(23)16(2)15-27(30,3)4)13-21-24(32)29-26(34)31(25(21)33)18-7-9-19(35-5)10-8-18/h7-10,12-14,16H,6,11,15H2,1-5H3,(H,29,32,34)/b21-13-. The minimum atomic E-state index is -0.801. The van der Waals surface area contributed by atoms with Crippen molar-refractivity contribution in [3.63, 3.8) is 0 Å². The molecule has 1 unspecified atom stereocenters.